The van der Waals surface area contributed by atoms with Crippen molar-refractivity contribution < 1.29 is 14.9 Å². The maximum Gasteiger partial charge on any atom is 0.214 e. The Kier molecular flexibility index (Phi) is 3.90. The summed E-state index contributed by atoms with van der Waals surface area (Å²) in [6, 6.07) is 9.86. The van der Waals surface area contributed by atoms with Gasteiger partial charge in [0.1, 0.15) is 0 Å². The molecule has 1 atom stereocenters. The highest BCUT2D eigenvalue weighted by atomic mass is 16.6. The van der Waals surface area contributed by atoms with Crippen LogP contribution in [0.3, 0.4) is 0 Å². The number of benzene rings is 1. The molecule has 2 rings (SSSR count). The maximum atomic E-state index is 9.52. The van der Waals surface area contributed by atoms with Gasteiger partial charge in [0, 0.05) is 6.04 Å². The van der Waals surface area contributed by atoms with Crippen molar-refractivity contribution in [3.63, 3.8) is 0 Å². The smallest absolute Gasteiger partial charge is 0.214 e. The van der Waals surface area contributed by atoms with Crippen LogP contribution in [0.5, 0.6) is 0 Å². The Morgan fingerprint density at radius 1 is 1.31 bits per heavy atom. The van der Waals surface area contributed by atoms with E-state index in [1.165, 1.54) is 0 Å². The van der Waals surface area contributed by atoms with Gasteiger partial charge in [0.2, 0.25) is 6.41 Å². The molecule has 0 radical (unpaired) electrons. The Labute approximate surface area is 94.9 Å². The summed E-state index contributed by atoms with van der Waals surface area (Å²) in [7, 11) is 0. The Hall–Kier alpha value is -0.940. The van der Waals surface area contributed by atoms with Gasteiger partial charge in [-0.25, -0.2) is 0 Å². The molecule has 0 aromatic heterocycles. The van der Waals surface area contributed by atoms with Gasteiger partial charge in [-0.1, -0.05) is 30.3 Å². The average molecular weight is 223 g/mol. The van der Waals surface area contributed by atoms with Crippen LogP contribution in [0, 0.1) is 0 Å². The SMILES string of the molecule is OC1CC(NC(O)OCc2ccccc2)C1. The van der Waals surface area contributed by atoms with Gasteiger partial charge >= 0.3 is 0 Å². The van der Waals surface area contributed by atoms with E-state index < -0.39 is 6.41 Å². The van der Waals surface area contributed by atoms with Gasteiger partial charge < -0.3 is 14.9 Å². The minimum atomic E-state index is -0.960. The number of ether oxygens (including phenoxy) is 1. The molecule has 4 heteroatoms. The van der Waals surface area contributed by atoms with Crippen LogP contribution in [0.25, 0.3) is 0 Å². The highest BCUT2D eigenvalue weighted by Crippen LogP contribution is 2.19. The van der Waals surface area contributed by atoms with Crippen molar-refractivity contribution in [3.8, 4) is 0 Å². The van der Waals surface area contributed by atoms with Crippen molar-refractivity contribution >= 4 is 0 Å². The van der Waals surface area contributed by atoms with Crippen LogP contribution < -0.4 is 5.32 Å². The van der Waals surface area contributed by atoms with Gasteiger partial charge in [-0.3, -0.25) is 5.32 Å². The van der Waals surface area contributed by atoms with Crippen LogP contribution in [-0.2, 0) is 11.3 Å². The first-order chi connectivity index (χ1) is 7.74. The molecular formula is C12H17NO3. The highest BCUT2D eigenvalue weighted by Gasteiger charge is 2.28. The lowest BCUT2D eigenvalue weighted by molar-refractivity contribution is -0.143. The van der Waals surface area contributed by atoms with Gasteiger partial charge in [0.15, 0.2) is 0 Å². The molecule has 1 unspecified atom stereocenters. The Balaban J connectivity index is 1.66. The van der Waals surface area contributed by atoms with E-state index in [4.69, 9.17) is 9.84 Å². The number of rotatable bonds is 5. The van der Waals surface area contributed by atoms with Crippen LogP contribution in [0.2, 0.25) is 0 Å². The summed E-state index contributed by atoms with van der Waals surface area (Å²) in [6.45, 7) is 0.379. The van der Waals surface area contributed by atoms with Gasteiger partial charge in [0.05, 0.1) is 12.7 Å². The van der Waals surface area contributed by atoms with Crippen LogP contribution in [0.1, 0.15) is 18.4 Å². The minimum Gasteiger partial charge on any atom is -0.393 e. The van der Waals surface area contributed by atoms with E-state index in [0.29, 0.717) is 19.4 Å². The highest BCUT2D eigenvalue weighted by molar-refractivity contribution is 5.13. The fourth-order valence-corrected chi connectivity index (χ4v) is 1.72. The molecule has 16 heavy (non-hydrogen) atoms. The number of hydrogen-bond acceptors (Lipinski definition) is 4. The molecule has 0 amide bonds. The molecule has 1 aliphatic rings. The van der Waals surface area contributed by atoms with Gasteiger partial charge in [-0.2, -0.15) is 0 Å². The van der Waals surface area contributed by atoms with Crippen LogP contribution in [-0.4, -0.2) is 28.8 Å². The molecule has 4 nitrogen and oxygen atoms in total. The second-order valence-electron chi connectivity index (χ2n) is 4.14. The quantitative estimate of drug-likeness (QED) is 0.639. The molecule has 0 spiro atoms. The zero-order valence-corrected chi connectivity index (χ0v) is 9.04. The minimum absolute atomic E-state index is 0.167. The molecule has 1 aliphatic carbocycles. The monoisotopic (exact) mass is 223 g/mol. The number of nitrogens with one attached hydrogen (secondary N) is 1. The second kappa shape index (κ2) is 5.41. The lowest BCUT2D eigenvalue weighted by Gasteiger charge is -2.33. The van der Waals surface area contributed by atoms with E-state index in [-0.39, 0.29) is 12.1 Å². The van der Waals surface area contributed by atoms with Crippen molar-refractivity contribution in [1.29, 1.82) is 0 Å². The van der Waals surface area contributed by atoms with E-state index in [9.17, 15) is 5.11 Å². The van der Waals surface area contributed by atoms with Gasteiger partial charge in [-0.05, 0) is 18.4 Å². The molecule has 1 fully saturated rings. The summed E-state index contributed by atoms with van der Waals surface area (Å²) < 4.78 is 5.23. The Morgan fingerprint density at radius 3 is 2.62 bits per heavy atom. The molecule has 1 aromatic carbocycles. The number of aliphatic hydroxyl groups excluding tert-OH is 2. The summed E-state index contributed by atoms with van der Waals surface area (Å²) in [5.74, 6) is 0. The lowest BCUT2D eigenvalue weighted by atomic mass is 9.90. The molecular weight excluding hydrogens is 206 g/mol. The Morgan fingerprint density at radius 2 is 2.00 bits per heavy atom. The molecule has 1 saturated carbocycles. The van der Waals surface area contributed by atoms with Crippen molar-refractivity contribution in [2.75, 3.05) is 0 Å². The topological polar surface area (TPSA) is 61.7 Å². The predicted molar refractivity (Wildman–Crippen MR) is 59.4 cm³/mol. The third kappa shape index (κ3) is 3.28. The normalized spacial score (nSPS) is 26.1. The van der Waals surface area contributed by atoms with E-state index in [0.717, 1.165) is 5.56 Å². The molecule has 1 aromatic rings. The summed E-state index contributed by atoms with van der Waals surface area (Å²) in [5, 5.41) is 21.5. The van der Waals surface area contributed by atoms with Crippen molar-refractivity contribution in [2.45, 2.75) is 38.0 Å². The van der Waals surface area contributed by atoms with Crippen LogP contribution >= 0.6 is 0 Å². The number of aliphatic hydroxyl groups is 2. The zero-order valence-electron chi connectivity index (χ0n) is 9.04. The fraction of sp³-hybridized carbons (Fsp3) is 0.500. The van der Waals surface area contributed by atoms with Crippen molar-refractivity contribution in [3.05, 3.63) is 35.9 Å². The molecule has 88 valence electrons. The van der Waals surface area contributed by atoms with Gasteiger partial charge in [0.25, 0.3) is 0 Å². The summed E-state index contributed by atoms with van der Waals surface area (Å²) >= 11 is 0. The van der Waals surface area contributed by atoms with Crippen LogP contribution in [0.4, 0.5) is 0 Å². The van der Waals surface area contributed by atoms with Gasteiger partial charge in [-0.15, -0.1) is 0 Å². The average Bonchev–Trinajstić information content (AvgIpc) is 2.26. The lowest BCUT2D eigenvalue weighted by Crippen LogP contribution is -2.49. The third-order valence-corrected chi connectivity index (χ3v) is 2.74. The molecule has 0 bridgehead atoms. The zero-order chi connectivity index (χ0) is 11.4. The summed E-state index contributed by atoms with van der Waals surface area (Å²) in [6.07, 6.45) is 0.189. The second-order valence-corrected chi connectivity index (χ2v) is 4.14. The van der Waals surface area contributed by atoms with Crippen LogP contribution in [0.15, 0.2) is 30.3 Å². The largest absolute Gasteiger partial charge is 0.393 e. The summed E-state index contributed by atoms with van der Waals surface area (Å²) in [5.41, 5.74) is 1.02. The molecule has 3 N–H and O–H groups in total. The van der Waals surface area contributed by atoms with E-state index in [2.05, 4.69) is 5.32 Å². The number of hydrogen-bond donors (Lipinski definition) is 3. The Bertz CT molecular complexity index is 311. The molecule has 0 saturated heterocycles. The summed E-state index contributed by atoms with van der Waals surface area (Å²) in [4.78, 5) is 0. The molecule has 0 aliphatic heterocycles. The molecule has 0 heterocycles. The van der Waals surface area contributed by atoms with Crippen molar-refractivity contribution in [2.24, 2.45) is 0 Å². The first-order valence-corrected chi connectivity index (χ1v) is 5.52. The first kappa shape index (κ1) is 11.5. The fourth-order valence-electron chi connectivity index (χ4n) is 1.72. The van der Waals surface area contributed by atoms with E-state index in [1.807, 2.05) is 30.3 Å². The van der Waals surface area contributed by atoms with Crippen molar-refractivity contribution in [1.82, 2.24) is 5.32 Å². The standard InChI is InChI=1S/C12H17NO3/c14-11-6-10(7-11)13-12(15)16-8-9-4-2-1-3-5-9/h1-5,10-15H,6-8H2. The predicted octanol–water partition coefficient (Wildman–Crippen LogP) is 0.592. The van der Waals surface area contributed by atoms with E-state index in [1.54, 1.807) is 0 Å². The maximum absolute atomic E-state index is 9.52. The third-order valence-electron chi connectivity index (χ3n) is 2.74. The first-order valence-electron chi connectivity index (χ1n) is 5.52. The van der Waals surface area contributed by atoms with E-state index >= 15 is 0 Å².